The molecule has 1 fully saturated rings. The van der Waals surface area contributed by atoms with Crippen LogP contribution in [0.2, 0.25) is 0 Å². The lowest BCUT2D eigenvalue weighted by Gasteiger charge is -2.35. The molecule has 3 amide bonds. The average molecular weight is 460 g/mol. The maximum atomic E-state index is 13.0. The molecule has 1 aromatic heterocycles. The van der Waals surface area contributed by atoms with E-state index in [1.54, 1.807) is 18.5 Å². The molecule has 0 bridgehead atoms. The van der Waals surface area contributed by atoms with Crippen molar-refractivity contribution in [3.8, 4) is 0 Å². The Balaban J connectivity index is 1.33. The van der Waals surface area contributed by atoms with E-state index in [1.165, 1.54) is 25.1 Å². The van der Waals surface area contributed by atoms with Gasteiger partial charge >= 0.3 is 6.03 Å². The predicted molar refractivity (Wildman–Crippen MR) is 119 cm³/mol. The lowest BCUT2D eigenvalue weighted by molar-refractivity contribution is -0.114. The summed E-state index contributed by atoms with van der Waals surface area (Å²) < 4.78 is 26.8. The van der Waals surface area contributed by atoms with E-state index in [0.717, 1.165) is 30.5 Å². The summed E-state index contributed by atoms with van der Waals surface area (Å²) in [4.78, 5) is 36.6. The molecule has 3 heterocycles. The molecule has 0 atom stereocenters. The molecular formula is C20H25N7O4S. The fourth-order valence-corrected chi connectivity index (χ4v) is 5.32. The SMILES string of the molecule is CC(=O)Nc1ccc2c(c1)NC(=O)N(CCCN1CCN(c3ncccn3)CC1)S2(=O)=O. The van der Waals surface area contributed by atoms with E-state index in [-0.39, 0.29) is 23.0 Å². The van der Waals surface area contributed by atoms with E-state index < -0.39 is 16.1 Å². The minimum Gasteiger partial charge on any atom is -0.338 e. The van der Waals surface area contributed by atoms with E-state index in [2.05, 4.69) is 30.4 Å². The summed E-state index contributed by atoms with van der Waals surface area (Å²) in [5.41, 5.74) is 0.581. The first-order chi connectivity index (χ1) is 15.3. The topological polar surface area (TPSA) is 128 Å². The molecule has 170 valence electrons. The Kier molecular flexibility index (Phi) is 6.24. The Bertz CT molecular complexity index is 1100. The summed E-state index contributed by atoms with van der Waals surface area (Å²) in [5, 5.41) is 5.19. The number of nitrogens with one attached hydrogen (secondary N) is 2. The quantitative estimate of drug-likeness (QED) is 0.659. The van der Waals surface area contributed by atoms with Gasteiger partial charge in [-0.3, -0.25) is 9.69 Å². The van der Waals surface area contributed by atoms with Gasteiger partial charge in [-0.1, -0.05) is 0 Å². The van der Waals surface area contributed by atoms with Crippen molar-refractivity contribution in [2.45, 2.75) is 18.2 Å². The van der Waals surface area contributed by atoms with Gasteiger partial charge < -0.3 is 15.5 Å². The van der Waals surface area contributed by atoms with Gasteiger partial charge in [-0.15, -0.1) is 0 Å². The van der Waals surface area contributed by atoms with Gasteiger partial charge in [0.05, 0.1) is 5.69 Å². The van der Waals surface area contributed by atoms with E-state index in [4.69, 9.17) is 0 Å². The average Bonchev–Trinajstić information content (AvgIpc) is 2.76. The number of amides is 3. The molecule has 12 heteroatoms. The van der Waals surface area contributed by atoms with Crippen LogP contribution >= 0.6 is 0 Å². The first-order valence-corrected chi connectivity index (χ1v) is 11.8. The van der Waals surface area contributed by atoms with Crippen molar-refractivity contribution in [1.82, 2.24) is 19.2 Å². The van der Waals surface area contributed by atoms with Gasteiger partial charge in [-0.25, -0.2) is 27.5 Å². The second-order valence-corrected chi connectivity index (χ2v) is 9.46. The van der Waals surface area contributed by atoms with Crippen molar-refractivity contribution in [2.24, 2.45) is 0 Å². The molecule has 0 spiro atoms. The zero-order chi connectivity index (χ0) is 22.7. The van der Waals surface area contributed by atoms with Crippen LogP contribution in [0.5, 0.6) is 0 Å². The zero-order valence-electron chi connectivity index (χ0n) is 17.7. The minimum atomic E-state index is -3.96. The highest BCUT2D eigenvalue weighted by Gasteiger charge is 2.36. The number of piperazine rings is 1. The number of carbonyl (C=O) groups excluding carboxylic acids is 2. The molecule has 2 aliphatic heterocycles. The van der Waals surface area contributed by atoms with Crippen molar-refractivity contribution < 1.29 is 18.0 Å². The number of fused-ring (bicyclic) bond motifs is 1. The fourth-order valence-electron chi connectivity index (χ4n) is 3.82. The van der Waals surface area contributed by atoms with Gasteiger partial charge in [-0.05, 0) is 30.7 Å². The molecule has 0 aliphatic carbocycles. The standard InChI is InChI=1S/C20H25N7O4S/c1-15(28)23-16-4-5-18-17(14-16)24-20(29)27(32(18,30)31)9-3-8-25-10-12-26(13-11-25)19-21-6-2-7-22-19/h2,4-7,14H,3,8-13H2,1H3,(H,23,28)(H,24,29). The van der Waals surface area contributed by atoms with Gasteiger partial charge in [0, 0.05) is 64.3 Å². The molecule has 11 nitrogen and oxygen atoms in total. The number of aromatic nitrogens is 2. The fraction of sp³-hybridized carbons (Fsp3) is 0.400. The van der Waals surface area contributed by atoms with Gasteiger partial charge in [0.25, 0.3) is 10.0 Å². The largest absolute Gasteiger partial charge is 0.338 e. The maximum Gasteiger partial charge on any atom is 0.335 e. The van der Waals surface area contributed by atoms with Crippen molar-refractivity contribution in [3.63, 3.8) is 0 Å². The van der Waals surface area contributed by atoms with Crippen molar-refractivity contribution >= 4 is 39.3 Å². The number of nitrogens with zero attached hydrogens (tertiary/aromatic N) is 5. The number of rotatable bonds is 6. The lowest BCUT2D eigenvalue weighted by atomic mass is 10.2. The van der Waals surface area contributed by atoms with Crippen LogP contribution in [0.25, 0.3) is 0 Å². The first kappa shape index (κ1) is 22.0. The molecular weight excluding hydrogens is 434 g/mol. The lowest BCUT2D eigenvalue weighted by Crippen LogP contribution is -2.48. The number of hydrogen-bond acceptors (Lipinski definition) is 8. The van der Waals surface area contributed by atoms with E-state index in [0.29, 0.717) is 24.6 Å². The van der Waals surface area contributed by atoms with Crippen LogP contribution in [0, 0.1) is 0 Å². The number of urea groups is 1. The third kappa shape index (κ3) is 4.65. The van der Waals surface area contributed by atoms with Crippen LogP contribution in [0.1, 0.15) is 13.3 Å². The second kappa shape index (κ2) is 9.09. The number of sulfonamides is 1. The van der Waals surface area contributed by atoms with E-state index in [1.807, 2.05) is 0 Å². The minimum absolute atomic E-state index is 0.0164. The molecule has 4 rings (SSSR count). The second-order valence-electron chi connectivity index (χ2n) is 7.63. The van der Waals surface area contributed by atoms with E-state index in [9.17, 15) is 18.0 Å². The molecule has 1 aromatic carbocycles. The summed E-state index contributed by atoms with van der Waals surface area (Å²) in [6.45, 7) is 5.32. The number of benzene rings is 1. The molecule has 0 radical (unpaired) electrons. The summed E-state index contributed by atoms with van der Waals surface area (Å²) in [6, 6.07) is 5.43. The number of anilines is 3. The van der Waals surface area contributed by atoms with Crippen LogP contribution in [-0.2, 0) is 14.8 Å². The van der Waals surface area contributed by atoms with Gasteiger partial charge in [0.2, 0.25) is 11.9 Å². The van der Waals surface area contributed by atoms with Crippen LogP contribution in [0.4, 0.5) is 22.1 Å². The zero-order valence-corrected chi connectivity index (χ0v) is 18.5. The molecule has 1 saturated heterocycles. The molecule has 0 saturated carbocycles. The summed E-state index contributed by atoms with van der Waals surface area (Å²) in [6.07, 6.45) is 3.96. The Labute approximate surface area is 186 Å². The van der Waals surface area contributed by atoms with Crippen molar-refractivity contribution in [2.75, 3.05) is 54.8 Å². The third-order valence-electron chi connectivity index (χ3n) is 5.38. The van der Waals surface area contributed by atoms with Crippen LogP contribution in [-0.4, -0.2) is 78.8 Å². The Hall–Kier alpha value is -3.25. The summed E-state index contributed by atoms with van der Waals surface area (Å²) in [7, 11) is -3.96. The maximum absolute atomic E-state index is 13.0. The van der Waals surface area contributed by atoms with E-state index >= 15 is 0 Å². The van der Waals surface area contributed by atoms with Crippen molar-refractivity contribution in [3.05, 3.63) is 36.7 Å². The highest BCUT2D eigenvalue weighted by atomic mass is 32.2. The molecule has 32 heavy (non-hydrogen) atoms. The van der Waals surface area contributed by atoms with Crippen molar-refractivity contribution in [1.29, 1.82) is 0 Å². The highest BCUT2D eigenvalue weighted by molar-refractivity contribution is 7.90. The summed E-state index contributed by atoms with van der Waals surface area (Å²) >= 11 is 0. The van der Waals surface area contributed by atoms with Crippen LogP contribution in [0.15, 0.2) is 41.6 Å². The summed E-state index contributed by atoms with van der Waals surface area (Å²) in [5.74, 6) is 0.428. The van der Waals surface area contributed by atoms with Gasteiger partial charge in [0.15, 0.2) is 0 Å². The number of hydrogen-bond donors (Lipinski definition) is 2. The molecule has 0 unspecified atom stereocenters. The van der Waals surface area contributed by atoms with Crippen LogP contribution < -0.4 is 15.5 Å². The monoisotopic (exact) mass is 459 g/mol. The Morgan fingerprint density at radius 2 is 1.84 bits per heavy atom. The van der Waals surface area contributed by atoms with Gasteiger partial charge in [-0.2, -0.15) is 0 Å². The Morgan fingerprint density at radius 3 is 2.53 bits per heavy atom. The third-order valence-corrected chi connectivity index (χ3v) is 7.22. The van der Waals surface area contributed by atoms with Gasteiger partial charge in [0.1, 0.15) is 4.90 Å². The normalized spacial score (nSPS) is 18.1. The molecule has 2 N–H and O–H groups in total. The predicted octanol–water partition coefficient (Wildman–Crippen LogP) is 1.18. The molecule has 2 aromatic rings. The number of carbonyl (C=O) groups is 2. The Morgan fingerprint density at radius 1 is 1.12 bits per heavy atom. The smallest absolute Gasteiger partial charge is 0.335 e. The first-order valence-electron chi connectivity index (χ1n) is 10.3. The van der Waals surface area contributed by atoms with Crippen LogP contribution in [0.3, 0.4) is 0 Å². The molecule has 2 aliphatic rings. The highest BCUT2D eigenvalue weighted by Crippen LogP contribution is 2.32.